The molecule has 0 fully saturated rings. The minimum atomic E-state index is -0.245. The molecule has 0 unspecified atom stereocenters. The van der Waals surface area contributed by atoms with Gasteiger partial charge in [0.05, 0.1) is 17.9 Å². The third kappa shape index (κ3) is 3.12. The monoisotopic (exact) mass is 289 g/mol. The highest BCUT2D eigenvalue weighted by atomic mass is 16.5. The van der Waals surface area contributed by atoms with E-state index in [1.807, 2.05) is 19.9 Å². The number of fused-ring (bicyclic) bond motifs is 1. The summed E-state index contributed by atoms with van der Waals surface area (Å²) in [7, 11) is 0. The highest BCUT2D eigenvalue weighted by Crippen LogP contribution is 2.45. The molecule has 1 aliphatic carbocycles. The molecule has 0 saturated heterocycles. The average Bonchev–Trinajstić information content (AvgIpc) is 2.35. The molecule has 2 rings (SSSR count). The molecule has 1 heterocycles. The Labute approximate surface area is 128 Å². The molecular weight excluding hydrogens is 262 g/mol. The van der Waals surface area contributed by atoms with Gasteiger partial charge in [-0.25, -0.2) is 4.79 Å². The molecule has 0 bridgehead atoms. The Hall–Kier alpha value is -1.38. The van der Waals surface area contributed by atoms with E-state index >= 15 is 0 Å². The van der Waals surface area contributed by atoms with Crippen LogP contribution in [0.5, 0.6) is 0 Å². The topological polar surface area (TPSA) is 39.2 Å². The van der Waals surface area contributed by atoms with E-state index in [9.17, 15) is 4.79 Å². The molecule has 1 aliphatic rings. The van der Waals surface area contributed by atoms with Crippen LogP contribution in [0.2, 0.25) is 0 Å². The Balaban J connectivity index is 2.57. The van der Waals surface area contributed by atoms with Gasteiger partial charge in [-0.2, -0.15) is 0 Å². The lowest BCUT2D eigenvalue weighted by Crippen LogP contribution is -2.36. The van der Waals surface area contributed by atoms with Crippen LogP contribution in [0.1, 0.15) is 75.3 Å². The Morgan fingerprint density at radius 2 is 1.95 bits per heavy atom. The van der Waals surface area contributed by atoms with E-state index in [2.05, 4.69) is 27.7 Å². The van der Waals surface area contributed by atoms with Crippen LogP contribution < -0.4 is 0 Å². The number of rotatable bonds is 3. The molecule has 0 aromatic carbocycles. The number of pyridine rings is 1. The molecule has 1 aromatic rings. The number of nitrogens with zero attached hydrogens (tertiary/aromatic N) is 1. The van der Waals surface area contributed by atoms with Gasteiger partial charge < -0.3 is 4.74 Å². The number of hydrogen-bond acceptors (Lipinski definition) is 3. The molecule has 0 N–H and O–H groups in total. The third-order valence-corrected chi connectivity index (χ3v) is 4.31. The van der Waals surface area contributed by atoms with Crippen LogP contribution in [-0.4, -0.2) is 17.6 Å². The van der Waals surface area contributed by atoms with Crippen molar-refractivity contribution in [2.45, 2.75) is 66.2 Å². The quantitative estimate of drug-likeness (QED) is 0.787. The summed E-state index contributed by atoms with van der Waals surface area (Å²) in [4.78, 5) is 17.0. The highest BCUT2D eigenvalue weighted by Gasteiger charge is 2.39. The molecule has 0 amide bonds. The van der Waals surface area contributed by atoms with Crippen LogP contribution in [0.25, 0.3) is 0 Å². The third-order valence-electron chi connectivity index (χ3n) is 4.31. The lowest BCUT2D eigenvalue weighted by atomic mass is 9.64. The van der Waals surface area contributed by atoms with Gasteiger partial charge in [0, 0.05) is 5.69 Å². The first-order chi connectivity index (χ1) is 9.70. The molecular formula is C18H27NO2. The SMILES string of the molecule is CCOC(=O)c1cc2c(nc1CC)CC(C)(C)CC2(C)C. The number of carbonyl (C=O) groups excluding carboxylic acids is 1. The Morgan fingerprint density at radius 3 is 2.52 bits per heavy atom. The summed E-state index contributed by atoms with van der Waals surface area (Å²) >= 11 is 0. The van der Waals surface area contributed by atoms with Gasteiger partial charge in [-0.3, -0.25) is 4.98 Å². The number of esters is 1. The van der Waals surface area contributed by atoms with Gasteiger partial charge in [-0.05, 0) is 48.6 Å². The van der Waals surface area contributed by atoms with Crippen molar-refractivity contribution in [3.8, 4) is 0 Å². The van der Waals surface area contributed by atoms with Gasteiger partial charge in [-0.1, -0.05) is 34.6 Å². The fourth-order valence-electron chi connectivity index (χ4n) is 3.78. The second kappa shape index (κ2) is 5.43. The van der Waals surface area contributed by atoms with Gasteiger partial charge in [0.2, 0.25) is 0 Å². The Bertz CT molecular complexity index is 559. The molecule has 116 valence electrons. The van der Waals surface area contributed by atoms with E-state index in [-0.39, 0.29) is 16.8 Å². The van der Waals surface area contributed by atoms with E-state index in [0.29, 0.717) is 12.2 Å². The summed E-state index contributed by atoms with van der Waals surface area (Å²) in [5, 5.41) is 0. The number of carbonyl (C=O) groups is 1. The van der Waals surface area contributed by atoms with Gasteiger partial charge in [0.25, 0.3) is 0 Å². The van der Waals surface area contributed by atoms with Gasteiger partial charge >= 0.3 is 5.97 Å². The smallest absolute Gasteiger partial charge is 0.339 e. The van der Waals surface area contributed by atoms with Crippen molar-refractivity contribution in [2.24, 2.45) is 5.41 Å². The predicted octanol–water partition coefficient (Wildman–Crippen LogP) is 4.07. The maximum Gasteiger partial charge on any atom is 0.339 e. The first-order valence-corrected chi connectivity index (χ1v) is 7.90. The fourth-order valence-corrected chi connectivity index (χ4v) is 3.78. The standard InChI is InChI=1S/C18H27NO2/c1-7-14-12(16(20)21-8-2)9-13-15(19-14)10-17(3,4)11-18(13,5)6/h9H,7-8,10-11H2,1-6H3. The van der Waals surface area contributed by atoms with Crippen molar-refractivity contribution < 1.29 is 9.53 Å². The Kier molecular flexibility index (Phi) is 4.14. The lowest BCUT2D eigenvalue weighted by molar-refractivity contribution is 0.0524. The molecule has 0 spiro atoms. The minimum absolute atomic E-state index is 0.0393. The van der Waals surface area contributed by atoms with E-state index < -0.39 is 0 Å². The molecule has 0 aliphatic heterocycles. The summed E-state index contributed by atoms with van der Waals surface area (Å²) in [6, 6.07) is 2.04. The van der Waals surface area contributed by atoms with Gasteiger partial charge in [-0.15, -0.1) is 0 Å². The molecule has 3 heteroatoms. The van der Waals surface area contributed by atoms with E-state index in [1.54, 1.807) is 0 Å². The van der Waals surface area contributed by atoms with Crippen LogP contribution in [0.15, 0.2) is 6.07 Å². The lowest BCUT2D eigenvalue weighted by Gasteiger charge is -2.42. The average molecular weight is 289 g/mol. The van der Waals surface area contributed by atoms with Crippen molar-refractivity contribution in [3.63, 3.8) is 0 Å². The van der Waals surface area contributed by atoms with E-state index in [1.165, 1.54) is 5.56 Å². The predicted molar refractivity (Wildman–Crippen MR) is 84.7 cm³/mol. The fraction of sp³-hybridized carbons (Fsp3) is 0.667. The molecule has 21 heavy (non-hydrogen) atoms. The number of aryl methyl sites for hydroxylation is 1. The molecule has 3 nitrogen and oxygen atoms in total. The maximum absolute atomic E-state index is 12.2. The Morgan fingerprint density at radius 1 is 1.29 bits per heavy atom. The number of aromatic nitrogens is 1. The van der Waals surface area contributed by atoms with Crippen molar-refractivity contribution in [1.82, 2.24) is 4.98 Å². The van der Waals surface area contributed by atoms with Gasteiger partial charge in [0.15, 0.2) is 0 Å². The molecule has 0 saturated carbocycles. The second-order valence-corrected chi connectivity index (χ2v) is 7.45. The zero-order valence-corrected chi connectivity index (χ0v) is 14.2. The second-order valence-electron chi connectivity index (χ2n) is 7.45. The van der Waals surface area contributed by atoms with Crippen molar-refractivity contribution in [2.75, 3.05) is 6.61 Å². The van der Waals surface area contributed by atoms with E-state index in [4.69, 9.17) is 9.72 Å². The van der Waals surface area contributed by atoms with Crippen molar-refractivity contribution in [3.05, 3.63) is 28.6 Å². The van der Waals surface area contributed by atoms with Gasteiger partial charge in [0.1, 0.15) is 0 Å². The van der Waals surface area contributed by atoms with Crippen LogP contribution in [0, 0.1) is 5.41 Å². The molecule has 1 aromatic heterocycles. The van der Waals surface area contributed by atoms with Crippen LogP contribution in [0.3, 0.4) is 0 Å². The first-order valence-electron chi connectivity index (χ1n) is 7.90. The summed E-state index contributed by atoms with van der Waals surface area (Å²) in [5.41, 5.74) is 4.16. The molecule has 0 radical (unpaired) electrons. The number of hydrogen-bond donors (Lipinski definition) is 0. The zero-order chi connectivity index (χ0) is 15.8. The summed E-state index contributed by atoms with van der Waals surface area (Å²) in [5.74, 6) is -0.245. The van der Waals surface area contributed by atoms with Crippen molar-refractivity contribution in [1.29, 1.82) is 0 Å². The van der Waals surface area contributed by atoms with Crippen molar-refractivity contribution >= 4 is 5.97 Å². The largest absolute Gasteiger partial charge is 0.462 e. The van der Waals surface area contributed by atoms with Crippen LogP contribution in [-0.2, 0) is 23.0 Å². The summed E-state index contributed by atoms with van der Waals surface area (Å²) in [6.45, 7) is 13.4. The normalized spacial score (nSPS) is 19.0. The summed E-state index contributed by atoms with van der Waals surface area (Å²) in [6.07, 6.45) is 2.83. The minimum Gasteiger partial charge on any atom is -0.462 e. The van der Waals surface area contributed by atoms with E-state index in [0.717, 1.165) is 30.7 Å². The zero-order valence-electron chi connectivity index (χ0n) is 14.2. The number of ether oxygens (including phenoxy) is 1. The highest BCUT2D eigenvalue weighted by molar-refractivity contribution is 5.91. The van der Waals surface area contributed by atoms with Crippen LogP contribution >= 0.6 is 0 Å². The first kappa shape index (κ1) is 16.0. The maximum atomic E-state index is 12.2. The van der Waals surface area contributed by atoms with Crippen LogP contribution in [0.4, 0.5) is 0 Å². The molecule has 0 atom stereocenters. The summed E-state index contributed by atoms with van der Waals surface area (Å²) < 4.78 is 5.19.